The Hall–Kier alpha value is -5.09. The Morgan fingerprint density at radius 2 is 1.34 bits per heavy atom. The van der Waals surface area contributed by atoms with Crippen LogP contribution in [0.15, 0.2) is 24.3 Å². The van der Waals surface area contributed by atoms with Gasteiger partial charge in [0.15, 0.2) is 0 Å². The average Bonchev–Trinajstić information content (AvgIpc) is 3.99. The molecule has 7 amide bonds. The van der Waals surface area contributed by atoms with Crippen molar-refractivity contribution in [1.82, 2.24) is 41.7 Å². The lowest BCUT2D eigenvalue weighted by Gasteiger charge is -2.35. The van der Waals surface area contributed by atoms with Gasteiger partial charge in [-0.05, 0) is 68.7 Å². The normalized spacial score (nSPS) is 28.6. The molecule has 0 saturated carbocycles. The van der Waals surface area contributed by atoms with Crippen molar-refractivity contribution in [3.8, 4) is 5.75 Å². The van der Waals surface area contributed by atoms with Crippen LogP contribution in [0, 0.1) is 11.8 Å². The molecule has 4 rings (SSSR count). The van der Waals surface area contributed by atoms with E-state index in [1.807, 2.05) is 0 Å². The number of aliphatic hydroxyl groups excluding tert-OH is 7. The van der Waals surface area contributed by atoms with E-state index in [9.17, 15) is 74.4 Å². The van der Waals surface area contributed by atoms with Gasteiger partial charge in [0.05, 0.1) is 30.5 Å². The molecule has 1 aromatic rings. The smallest absolute Gasteiger partial charge is 0.248 e. The van der Waals surface area contributed by atoms with Gasteiger partial charge in [-0.1, -0.05) is 77.8 Å². The van der Waals surface area contributed by atoms with Crippen molar-refractivity contribution in [2.24, 2.45) is 23.3 Å². The molecule has 18 N–H and O–H groups in total. The molecule has 3 saturated heterocycles. The molecule has 1 aromatic carbocycles. The molecule has 25 nitrogen and oxygen atoms in total. The van der Waals surface area contributed by atoms with E-state index >= 15 is 0 Å². The quantitative estimate of drug-likeness (QED) is 0.0477. The fourth-order valence-electron chi connectivity index (χ4n) is 10.2. The molecule has 3 heterocycles. The second-order valence-corrected chi connectivity index (χ2v) is 21.3. The summed E-state index contributed by atoms with van der Waals surface area (Å²) in [4.78, 5) is 102. The Morgan fingerprint density at radius 1 is 0.714 bits per heavy atom. The maximum absolute atomic E-state index is 14.6. The van der Waals surface area contributed by atoms with E-state index in [2.05, 4.69) is 52.7 Å². The first-order chi connectivity index (χ1) is 36.5. The number of hydrogen-bond acceptors (Lipinski definition) is 18. The predicted molar refractivity (Wildman–Crippen MR) is 280 cm³/mol. The first kappa shape index (κ1) is 64.4. The number of phenolic OH excluding ortho intramolecular Hbond substituents is 1. The lowest BCUT2D eigenvalue weighted by molar-refractivity contribution is -0.148. The van der Waals surface area contributed by atoms with Gasteiger partial charge in [-0.3, -0.25) is 38.9 Å². The third-order valence-corrected chi connectivity index (χ3v) is 14.9. The van der Waals surface area contributed by atoms with E-state index < -0.39 is 146 Å². The number of carbonyl (C=O) groups is 7. The number of unbranched alkanes of at least 4 members (excludes halogenated alkanes) is 5. The Morgan fingerprint density at radius 3 is 1.97 bits per heavy atom. The van der Waals surface area contributed by atoms with Crippen LogP contribution in [0.1, 0.15) is 129 Å². The Labute approximate surface area is 450 Å². The zero-order chi connectivity index (χ0) is 57.1. The number of amides is 7. The van der Waals surface area contributed by atoms with E-state index in [1.54, 1.807) is 0 Å². The fraction of sp³-hybridized carbons (Fsp3) is 0.750. The summed E-state index contributed by atoms with van der Waals surface area (Å²) in [5, 5.41) is 104. The first-order valence-corrected chi connectivity index (χ1v) is 27.3. The van der Waals surface area contributed by atoms with Gasteiger partial charge in [0.25, 0.3) is 0 Å². The molecule has 3 fully saturated rings. The number of benzene rings is 1. The molecule has 436 valence electrons. The second-order valence-electron chi connectivity index (χ2n) is 21.3. The number of nitrogens with one attached hydrogen (secondary N) is 6. The largest absolute Gasteiger partial charge is 0.508 e. The molecule has 16 atom stereocenters. The van der Waals surface area contributed by atoms with Crippen LogP contribution in [0.5, 0.6) is 5.75 Å². The highest BCUT2D eigenvalue weighted by molar-refractivity contribution is 5.98. The Bertz CT molecular complexity index is 2070. The summed E-state index contributed by atoms with van der Waals surface area (Å²) >= 11 is 0. The maximum Gasteiger partial charge on any atom is 0.248 e. The number of rotatable bonds is 23. The van der Waals surface area contributed by atoms with E-state index in [0.29, 0.717) is 24.7 Å². The number of nitrogens with zero attached hydrogens (tertiary/aromatic N) is 2. The van der Waals surface area contributed by atoms with Gasteiger partial charge in [0.2, 0.25) is 41.4 Å². The maximum atomic E-state index is 14.6. The molecule has 77 heavy (non-hydrogen) atoms. The minimum absolute atomic E-state index is 0.0257. The summed E-state index contributed by atoms with van der Waals surface area (Å²) in [6.45, 7) is 6.73. The van der Waals surface area contributed by atoms with Gasteiger partial charge in [-0.15, -0.1) is 0 Å². The molecule has 0 spiro atoms. The van der Waals surface area contributed by atoms with Gasteiger partial charge >= 0.3 is 0 Å². The minimum atomic E-state index is -2.28. The van der Waals surface area contributed by atoms with E-state index in [1.165, 1.54) is 30.7 Å². The van der Waals surface area contributed by atoms with Crippen molar-refractivity contribution < 1.29 is 74.4 Å². The molecule has 3 aliphatic rings. The molecular weight excluding hydrogens is 1000 g/mol. The number of phenols is 1. The zero-order valence-corrected chi connectivity index (χ0v) is 45.0. The van der Waals surface area contributed by atoms with Crippen LogP contribution in [0.3, 0.4) is 0 Å². The molecule has 25 heteroatoms. The van der Waals surface area contributed by atoms with Crippen LogP contribution in [0.2, 0.25) is 0 Å². The van der Waals surface area contributed by atoms with Gasteiger partial charge in [0.1, 0.15) is 60.4 Å². The summed E-state index contributed by atoms with van der Waals surface area (Å²) in [6, 6.07) is -6.40. The highest BCUT2D eigenvalue weighted by atomic mass is 16.3. The monoisotopic (exact) mass is 1090 g/mol. The van der Waals surface area contributed by atoms with Crippen molar-refractivity contribution in [2.45, 2.75) is 203 Å². The van der Waals surface area contributed by atoms with Gasteiger partial charge < -0.3 is 88.7 Å². The number of fused-ring (bicyclic) bond motifs is 2. The SMILES string of the molecule is CCC(C)CC(C)CCCCCCCCC(=O)N[C@H]1C[C@H](O)[C@@H](NCCN)NC(=O)C2[C@@H](O)CCN2C(=O)[C@H]([C@H](O)CCN)NC(=O)[C@H]([C@H](O)[C@@H](O)c2ccc(O)cc2)NC(=O)[C@@H]2C[C@@H](O)CN2C(=O)[C@H]([C@@H](C)O)NC1=O. The van der Waals surface area contributed by atoms with Crippen LogP contribution < -0.4 is 43.4 Å². The van der Waals surface area contributed by atoms with Crippen molar-refractivity contribution >= 4 is 41.4 Å². The van der Waals surface area contributed by atoms with Crippen LogP contribution >= 0.6 is 0 Å². The summed E-state index contributed by atoms with van der Waals surface area (Å²) in [5.74, 6) is -6.43. The summed E-state index contributed by atoms with van der Waals surface area (Å²) < 4.78 is 0. The molecule has 0 bridgehead atoms. The topological polar surface area (TPSA) is 412 Å². The zero-order valence-electron chi connectivity index (χ0n) is 45.0. The summed E-state index contributed by atoms with van der Waals surface area (Å²) in [5.41, 5.74) is 11.5. The van der Waals surface area contributed by atoms with Crippen LogP contribution in [-0.2, 0) is 33.6 Å². The van der Waals surface area contributed by atoms with Gasteiger partial charge in [-0.25, -0.2) is 0 Å². The molecule has 3 aliphatic heterocycles. The number of aromatic hydroxyl groups is 1. The minimum Gasteiger partial charge on any atom is -0.508 e. The first-order valence-electron chi connectivity index (χ1n) is 27.3. The summed E-state index contributed by atoms with van der Waals surface area (Å²) in [6.07, 6.45) is -6.95. The molecular formula is C52H88N10O15. The number of hydrogen-bond donors (Lipinski definition) is 16. The number of nitrogens with two attached hydrogens (primary N) is 2. The van der Waals surface area contributed by atoms with Crippen molar-refractivity contribution in [3.05, 3.63) is 29.8 Å². The molecule has 0 aromatic heterocycles. The predicted octanol–water partition coefficient (Wildman–Crippen LogP) is -3.31. The molecule has 0 radical (unpaired) electrons. The Kier molecular flexibility index (Phi) is 26.4. The third kappa shape index (κ3) is 18.8. The standard InChI is InChI=1S/C52H88N10O15/c1-5-28(2)24-29(3)12-10-8-6-7-9-11-13-39(69)56-34-26-38(68)46(55-22-21-54)60-50(75)43-37(67)19-23-61(43)52(77)41(36(66)18-20-53)58-49(74)42(45(71)44(70)31-14-16-32(64)17-15-31)59-48(73)35-25-33(65)27-62(35)51(76)40(30(4)63)57-47(34)72/h14-17,28-30,33-38,40-46,55,63-68,70-71H,5-13,18-27,53-54H2,1-4H3,(H,56,69)(H,57,72)(H,58,74)(H,59,73)(H,60,75)/t28?,29?,30-,33-,34+,35+,36-,37+,38+,40+,41+,42+,43?,44+,45+,46+/m1/s1. The van der Waals surface area contributed by atoms with Crippen LogP contribution in [0.4, 0.5) is 0 Å². The van der Waals surface area contributed by atoms with E-state index in [0.717, 1.165) is 55.2 Å². The molecule has 0 aliphatic carbocycles. The lowest BCUT2D eigenvalue weighted by atomic mass is 9.91. The highest BCUT2D eigenvalue weighted by Gasteiger charge is 2.49. The van der Waals surface area contributed by atoms with E-state index in [4.69, 9.17) is 11.5 Å². The van der Waals surface area contributed by atoms with Crippen LogP contribution in [-0.4, -0.2) is 204 Å². The molecule has 3 unspecified atom stereocenters. The average molecular weight is 1090 g/mol. The summed E-state index contributed by atoms with van der Waals surface area (Å²) in [7, 11) is 0. The lowest BCUT2D eigenvalue weighted by Crippen LogP contribution is -2.65. The van der Waals surface area contributed by atoms with Crippen molar-refractivity contribution in [1.29, 1.82) is 0 Å². The van der Waals surface area contributed by atoms with Gasteiger partial charge in [-0.2, -0.15) is 0 Å². The Balaban J connectivity index is 1.73. The number of aliphatic hydroxyl groups is 7. The number of carbonyl (C=O) groups excluding carboxylic acids is 7. The van der Waals surface area contributed by atoms with Crippen molar-refractivity contribution in [2.75, 3.05) is 32.7 Å². The fourth-order valence-corrected chi connectivity index (χ4v) is 10.2. The van der Waals surface area contributed by atoms with Crippen molar-refractivity contribution in [3.63, 3.8) is 0 Å². The van der Waals surface area contributed by atoms with Gasteiger partial charge in [0, 0.05) is 45.4 Å². The third-order valence-electron chi connectivity index (χ3n) is 14.9. The van der Waals surface area contributed by atoms with E-state index in [-0.39, 0.29) is 56.8 Å². The highest BCUT2D eigenvalue weighted by Crippen LogP contribution is 2.27. The van der Waals surface area contributed by atoms with Crippen LogP contribution in [0.25, 0.3) is 0 Å². The second kappa shape index (κ2) is 31.5.